The maximum absolute atomic E-state index is 9.83. The van der Waals surface area contributed by atoms with Crippen LogP contribution in [-0.2, 0) is 0 Å². The molecule has 0 radical (unpaired) electrons. The highest BCUT2D eigenvalue weighted by Crippen LogP contribution is 2.31. The lowest BCUT2D eigenvalue weighted by atomic mass is 9.79. The van der Waals surface area contributed by atoms with E-state index in [0.717, 1.165) is 18.8 Å². The van der Waals surface area contributed by atoms with Crippen LogP contribution in [0, 0.1) is 11.8 Å². The van der Waals surface area contributed by atoms with Gasteiger partial charge in [0.15, 0.2) is 0 Å². The normalized spacial score (nSPS) is 31.2. The van der Waals surface area contributed by atoms with E-state index in [1.54, 1.807) is 0 Å². The average Bonchev–Trinajstić information content (AvgIpc) is 2.16. The standard InChI is InChI=1S/C15H26O/c1-12(2)6-5-7-13(3)14-8-10-15(4,16)11-9-14/h6,8,10,13-14,16H,5,7,9,11H2,1-4H3/t13-,14?,15+/m0/s1. The minimum Gasteiger partial charge on any atom is -0.386 e. The summed E-state index contributed by atoms with van der Waals surface area (Å²) in [6, 6.07) is 0. The van der Waals surface area contributed by atoms with Crippen LogP contribution in [0.4, 0.5) is 0 Å². The van der Waals surface area contributed by atoms with Crippen LogP contribution in [0.25, 0.3) is 0 Å². The lowest BCUT2D eigenvalue weighted by molar-refractivity contribution is 0.0833. The van der Waals surface area contributed by atoms with Crippen molar-refractivity contribution < 1.29 is 5.11 Å². The van der Waals surface area contributed by atoms with Gasteiger partial charge < -0.3 is 5.11 Å². The third-order valence-corrected chi connectivity index (χ3v) is 3.59. The fourth-order valence-corrected chi connectivity index (χ4v) is 2.29. The predicted octanol–water partition coefficient (Wildman–Crippen LogP) is 4.09. The molecule has 0 spiro atoms. The van der Waals surface area contributed by atoms with Gasteiger partial charge in [-0.05, 0) is 58.3 Å². The zero-order valence-corrected chi connectivity index (χ0v) is 11.2. The summed E-state index contributed by atoms with van der Waals surface area (Å²) in [5, 5.41) is 9.83. The first-order valence-electron chi connectivity index (χ1n) is 6.46. The lowest BCUT2D eigenvalue weighted by Crippen LogP contribution is -2.27. The largest absolute Gasteiger partial charge is 0.386 e. The minimum atomic E-state index is -0.559. The van der Waals surface area contributed by atoms with Crippen LogP contribution >= 0.6 is 0 Å². The second-order valence-electron chi connectivity index (χ2n) is 5.75. The quantitative estimate of drug-likeness (QED) is 0.710. The van der Waals surface area contributed by atoms with E-state index in [-0.39, 0.29) is 0 Å². The molecular weight excluding hydrogens is 196 g/mol. The predicted molar refractivity (Wildman–Crippen MR) is 70.3 cm³/mol. The Balaban J connectivity index is 2.39. The molecule has 3 atom stereocenters. The third-order valence-electron chi connectivity index (χ3n) is 3.59. The summed E-state index contributed by atoms with van der Waals surface area (Å²) in [6.07, 6.45) is 11.0. The van der Waals surface area contributed by atoms with Crippen LogP contribution in [0.5, 0.6) is 0 Å². The second kappa shape index (κ2) is 5.67. The minimum absolute atomic E-state index is 0.559. The Bertz CT molecular complexity index is 269. The molecule has 0 amide bonds. The number of aliphatic hydroxyl groups is 1. The molecule has 0 saturated carbocycles. The average molecular weight is 222 g/mol. The van der Waals surface area contributed by atoms with Crippen LogP contribution in [-0.4, -0.2) is 10.7 Å². The zero-order chi connectivity index (χ0) is 12.2. The third kappa shape index (κ3) is 4.52. The van der Waals surface area contributed by atoms with Crippen molar-refractivity contribution >= 4 is 0 Å². The number of hydrogen-bond acceptors (Lipinski definition) is 1. The Hall–Kier alpha value is -0.560. The number of hydrogen-bond donors (Lipinski definition) is 1. The smallest absolute Gasteiger partial charge is 0.0800 e. The molecule has 0 bridgehead atoms. The van der Waals surface area contributed by atoms with Gasteiger partial charge >= 0.3 is 0 Å². The molecule has 0 aromatic rings. The van der Waals surface area contributed by atoms with E-state index < -0.39 is 5.60 Å². The molecule has 0 saturated heterocycles. The van der Waals surface area contributed by atoms with Gasteiger partial charge in [-0.3, -0.25) is 0 Å². The maximum Gasteiger partial charge on any atom is 0.0800 e. The Morgan fingerprint density at radius 2 is 2.25 bits per heavy atom. The van der Waals surface area contributed by atoms with Crippen molar-refractivity contribution in [3.8, 4) is 0 Å². The Morgan fingerprint density at radius 1 is 1.56 bits per heavy atom. The highest BCUT2D eigenvalue weighted by atomic mass is 16.3. The fraction of sp³-hybridized carbons (Fsp3) is 0.733. The maximum atomic E-state index is 9.83. The summed E-state index contributed by atoms with van der Waals surface area (Å²) >= 11 is 0. The fourth-order valence-electron chi connectivity index (χ4n) is 2.29. The molecule has 1 heteroatoms. The monoisotopic (exact) mass is 222 g/mol. The zero-order valence-electron chi connectivity index (χ0n) is 11.2. The summed E-state index contributed by atoms with van der Waals surface area (Å²) in [7, 11) is 0. The van der Waals surface area contributed by atoms with Gasteiger partial charge in [-0.15, -0.1) is 0 Å². The molecule has 0 fully saturated rings. The molecule has 1 rings (SSSR count). The highest BCUT2D eigenvalue weighted by molar-refractivity contribution is 5.06. The molecule has 0 heterocycles. The van der Waals surface area contributed by atoms with E-state index in [1.807, 2.05) is 13.0 Å². The molecule has 1 N–H and O–H groups in total. The summed E-state index contributed by atoms with van der Waals surface area (Å²) in [5.41, 5.74) is 0.852. The van der Waals surface area contributed by atoms with Gasteiger partial charge in [-0.25, -0.2) is 0 Å². The first-order chi connectivity index (χ1) is 7.41. The number of rotatable bonds is 4. The topological polar surface area (TPSA) is 20.2 Å². The first kappa shape index (κ1) is 13.5. The van der Waals surface area contributed by atoms with Crippen LogP contribution in [0.2, 0.25) is 0 Å². The van der Waals surface area contributed by atoms with Gasteiger partial charge in [-0.2, -0.15) is 0 Å². The van der Waals surface area contributed by atoms with E-state index >= 15 is 0 Å². The van der Waals surface area contributed by atoms with E-state index in [1.165, 1.54) is 18.4 Å². The van der Waals surface area contributed by atoms with Crippen molar-refractivity contribution in [3.63, 3.8) is 0 Å². The summed E-state index contributed by atoms with van der Waals surface area (Å²) in [6.45, 7) is 8.53. The lowest BCUT2D eigenvalue weighted by Gasteiger charge is -2.30. The molecule has 0 aromatic carbocycles. The summed E-state index contributed by atoms with van der Waals surface area (Å²) < 4.78 is 0. The molecule has 1 aliphatic carbocycles. The van der Waals surface area contributed by atoms with E-state index in [4.69, 9.17) is 0 Å². The molecule has 16 heavy (non-hydrogen) atoms. The Morgan fingerprint density at radius 3 is 2.75 bits per heavy atom. The summed E-state index contributed by atoms with van der Waals surface area (Å²) in [4.78, 5) is 0. The van der Waals surface area contributed by atoms with E-state index in [2.05, 4.69) is 32.9 Å². The molecule has 92 valence electrons. The number of allylic oxidation sites excluding steroid dienone is 3. The van der Waals surface area contributed by atoms with E-state index in [0.29, 0.717) is 5.92 Å². The molecule has 1 nitrogen and oxygen atoms in total. The Labute approximate surface area is 100 Å². The second-order valence-corrected chi connectivity index (χ2v) is 5.75. The van der Waals surface area contributed by atoms with Gasteiger partial charge in [-0.1, -0.05) is 30.7 Å². The van der Waals surface area contributed by atoms with Crippen molar-refractivity contribution in [2.45, 2.75) is 59.0 Å². The van der Waals surface area contributed by atoms with Gasteiger partial charge in [0.05, 0.1) is 5.60 Å². The van der Waals surface area contributed by atoms with Crippen LogP contribution < -0.4 is 0 Å². The van der Waals surface area contributed by atoms with Crippen molar-refractivity contribution in [1.29, 1.82) is 0 Å². The SMILES string of the molecule is CC(C)=CCC[C@H](C)C1C=C[C@@](C)(O)CC1. The van der Waals surface area contributed by atoms with Crippen molar-refractivity contribution in [3.05, 3.63) is 23.8 Å². The van der Waals surface area contributed by atoms with Crippen molar-refractivity contribution in [1.82, 2.24) is 0 Å². The highest BCUT2D eigenvalue weighted by Gasteiger charge is 2.25. The van der Waals surface area contributed by atoms with Gasteiger partial charge in [0.1, 0.15) is 0 Å². The van der Waals surface area contributed by atoms with Gasteiger partial charge in [0.25, 0.3) is 0 Å². The summed E-state index contributed by atoms with van der Waals surface area (Å²) in [5.74, 6) is 1.38. The van der Waals surface area contributed by atoms with Crippen LogP contribution in [0.1, 0.15) is 53.4 Å². The molecule has 0 aliphatic heterocycles. The van der Waals surface area contributed by atoms with Crippen molar-refractivity contribution in [2.75, 3.05) is 0 Å². The molecule has 1 aliphatic rings. The molecule has 1 unspecified atom stereocenters. The van der Waals surface area contributed by atoms with Crippen LogP contribution in [0.15, 0.2) is 23.8 Å². The molecule has 0 aromatic heterocycles. The van der Waals surface area contributed by atoms with Crippen molar-refractivity contribution in [2.24, 2.45) is 11.8 Å². The van der Waals surface area contributed by atoms with Gasteiger partial charge in [0.2, 0.25) is 0 Å². The Kier molecular flexibility index (Phi) is 4.79. The molecular formula is C15H26O. The van der Waals surface area contributed by atoms with Crippen LogP contribution in [0.3, 0.4) is 0 Å². The first-order valence-corrected chi connectivity index (χ1v) is 6.46. The van der Waals surface area contributed by atoms with Gasteiger partial charge in [0, 0.05) is 0 Å². The van der Waals surface area contributed by atoms with E-state index in [9.17, 15) is 5.11 Å².